The molecule has 0 bridgehead atoms. The third-order valence-corrected chi connectivity index (χ3v) is 4.89. The molecule has 0 aliphatic carbocycles. The summed E-state index contributed by atoms with van der Waals surface area (Å²) < 4.78 is 123. The van der Waals surface area contributed by atoms with Crippen molar-refractivity contribution in [2.24, 2.45) is 0 Å². The van der Waals surface area contributed by atoms with Gasteiger partial charge in [0.25, 0.3) is 0 Å². The van der Waals surface area contributed by atoms with E-state index < -0.39 is 15.6 Å². The van der Waals surface area contributed by atoms with Gasteiger partial charge in [-0.1, -0.05) is 0 Å². The number of unbranched alkanes of at least 4 members (excludes halogenated alkanes) is 1. The van der Waals surface area contributed by atoms with Crippen molar-refractivity contribution in [2.45, 2.75) is 25.9 Å². The summed E-state index contributed by atoms with van der Waals surface area (Å²) >= 11 is 0. The molecule has 18 heteroatoms. The molecule has 0 amide bonds. The molecule has 234 valence electrons. The van der Waals surface area contributed by atoms with E-state index in [-0.39, 0.29) is 0 Å². The van der Waals surface area contributed by atoms with Crippen molar-refractivity contribution in [3.05, 3.63) is 98.1 Å². The van der Waals surface area contributed by atoms with Gasteiger partial charge in [-0.2, -0.15) is 0 Å². The van der Waals surface area contributed by atoms with Crippen molar-refractivity contribution in [1.29, 1.82) is 0 Å². The van der Waals surface area contributed by atoms with Gasteiger partial charge in [0.05, 0.1) is 0 Å². The molecule has 0 saturated carbocycles. The van der Waals surface area contributed by atoms with Crippen molar-refractivity contribution < 1.29 is 59.5 Å². The standard InChI is InChI=1S/C24H24N4.2F6P/c1(15-27-17-7-23(8-18-27)21-3-11-25-12-4-21)2-16-28-19-9-24(10-20-28)22-5-13-26-14-6-22;2*1-7(2,3,4,5)6/h3-14,17-20H,1-2,15-16H2;;/q+2;2*-1. The number of nitrogens with zero attached hydrogens (tertiary/aromatic N) is 4. The molecule has 0 fully saturated rings. The molecule has 0 N–H and O–H groups in total. The predicted molar refractivity (Wildman–Crippen MR) is 136 cm³/mol. The molecular weight excluding hydrogens is 634 g/mol. The van der Waals surface area contributed by atoms with Crippen LogP contribution in [0.25, 0.3) is 22.3 Å². The second-order valence-corrected chi connectivity index (χ2v) is 12.6. The van der Waals surface area contributed by atoms with Crippen LogP contribution in [0, 0.1) is 0 Å². The van der Waals surface area contributed by atoms with Crippen LogP contribution >= 0.6 is 15.6 Å². The summed E-state index contributed by atoms with van der Waals surface area (Å²) in [5, 5.41) is 0. The monoisotopic (exact) mass is 658 g/mol. The maximum absolute atomic E-state index is 10.7. The van der Waals surface area contributed by atoms with Gasteiger partial charge < -0.3 is 0 Å². The second kappa shape index (κ2) is 11.4. The average molecular weight is 658 g/mol. The average Bonchev–Trinajstić information content (AvgIpc) is 2.85. The number of halogens is 12. The summed E-state index contributed by atoms with van der Waals surface area (Å²) in [4.78, 5) is 8.15. The minimum absolute atomic E-state index is 1.03. The Balaban J connectivity index is 0.000000367. The quantitative estimate of drug-likeness (QED) is 0.0857. The summed E-state index contributed by atoms with van der Waals surface area (Å²) in [5.74, 6) is 0. The number of rotatable bonds is 7. The molecule has 0 aliphatic rings. The summed E-state index contributed by atoms with van der Waals surface area (Å²) in [5.41, 5.74) is 4.86. The van der Waals surface area contributed by atoms with Crippen molar-refractivity contribution in [3.63, 3.8) is 0 Å². The number of aromatic nitrogens is 4. The van der Waals surface area contributed by atoms with Crippen LogP contribution < -0.4 is 9.13 Å². The maximum atomic E-state index is 9.87. The van der Waals surface area contributed by atoms with Gasteiger partial charge in [-0.25, -0.2) is 9.13 Å². The van der Waals surface area contributed by atoms with E-state index in [4.69, 9.17) is 0 Å². The summed E-state index contributed by atoms with van der Waals surface area (Å²) in [6.07, 6.45) is 18.3. The number of aryl methyl sites for hydroxylation is 2. The SMILES string of the molecule is F[P-](F)(F)(F)(F)F.F[P-](F)(F)(F)(F)F.c1cc(-c2cc[n+](CCCC[n+]3ccc(-c4ccncc4)cc3)cc2)ccn1. The van der Waals surface area contributed by atoms with E-state index in [1.165, 1.54) is 22.3 Å². The van der Waals surface area contributed by atoms with Gasteiger partial charge in [-0.3, -0.25) is 9.97 Å². The van der Waals surface area contributed by atoms with Crippen molar-refractivity contribution in [1.82, 2.24) is 9.97 Å². The third kappa shape index (κ3) is 20.5. The van der Waals surface area contributed by atoms with Gasteiger partial charge in [-0.15, -0.1) is 0 Å². The second-order valence-electron chi connectivity index (χ2n) is 8.74. The van der Waals surface area contributed by atoms with Crippen LogP contribution in [0.2, 0.25) is 0 Å². The van der Waals surface area contributed by atoms with Gasteiger partial charge in [0.2, 0.25) is 0 Å². The molecule has 42 heavy (non-hydrogen) atoms. The Morgan fingerprint density at radius 3 is 0.857 bits per heavy atom. The predicted octanol–water partition coefficient (Wildman–Crippen LogP) is 10.6. The van der Waals surface area contributed by atoms with Gasteiger partial charge in [-0.05, 0) is 46.5 Å². The zero-order chi connectivity index (χ0) is 31.8. The summed E-state index contributed by atoms with van der Waals surface area (Å²) in [7, 11) is -21.3. The first-order valence-corrected chi connectivity index (χ1v) is 15.8. The molecule has 4 heterocycles. The van der Waals surface area contributed by atoms with E-state index in [1.807, 2.05) is 49.1 Å². The fraction of sp³-hybridized carbons (Fsp3) is 0.167. The van der Waals surface area contributed by atoms with Crippen molar-refractivity contribution in [2.75, 3.05) is 0 Å². The van der Waals surface area contributed by atoms with Crippen LogP contribution in [-0.4, -0.2) is 9.97 Å². The first-order valence-electron chi connectivity index (χ1n) is 11.7. The van der Waals surface area contributed by atoms with Crippen LogP contribution in [0.4, 0.5) is 50.4 Å². The summed E-state index contributed by atoms with van der Waals surface area (Å²) in [6.45, 7) is 2.07. The third-order valence-electron chi connectivity index (χ3n) is 4.89. The van der Waals surface area contributed by atoms with Crippen molar-refractivity contribution in [3.8, 4) is 22.3 Å². The van der Waals surface area contributed by atoms with E-state index in [0.29, 0.717) is 0 Å². The molecule has 0 atom stereocenters. The first-order chi connectivity index (χ1) is 18.8. The number of hydrogen-bond acceptors (Lipinski definition) is 2. The van der Waals surface area contributed by atoms with Gasteiger partial charge in [0, 0.05) is 61.9 Å². The van der Waals surface area contributed by atoms with Gasteiger partial charge in [0.1, 0.15) is 13.1 Å². The Morgan fingerprint density at radius 1 is 0.405 bits per heavy atom. The fourth-order valence-electron chi connectivity index (χ4n) is 3.28. The molecule has 4 aromatic rings. The molecule has 0 aliphatic heterocycles. The minimum Gasteiger partial charge on any atom is -0.265 e. The number of hydrogen-bond donors (Lipinski definition) is 0. The minimum atomic E-state index is -10.7. The zero-order valence-electron chi connectivity index (χ0n) is 21.3. The van der Waals surface area contributed by atoms with Crippen LogP contribution in [-0.2, 0) is 13.1 Å². The normalized spacial score (nSPS) is 14.9. The van der Waals surface area contributed by atoms with E-state index in [0.717, 1.165) is 25.9 Å². The topological polar surface area (TPSA) is 33.5 Å². The molecule has 0 aromatic carbocycles. The smallest absolute Gasteiger partial charge is 0.169 e. The van der Waals surface area contributed by atoms with E-state index in [2.05, 4.69) is 68.2 Å². The van der Waals surface area contributed by atoms with E-state index in [9.17, 15) is 50.4 Å². The fourth-order valence-corrected chi connectivity index (χ4v) is 3.28. The molecule has 4 nitrogen and oxygen atoms in total. The molecule has 0 unspecified atom stereocenters. The van der Waals surface area contributed by atoms with Crippen LogP contribution in [0.5, 0.6) is 0 Å². The van der Waals surface area contributed by atoms with Crippen LogP contribution in [0.15, 0.2) is 98.1 Å². The van der Waals surface area contributed by atoms with Gasteiger partial charge in [0.15, 0.2) is 24.8 Å². The zero-order valence-corrected chi connectivity index (χ0v) is 23.1. The van der Waals surface area contributed by atoms with E-state index in [1.54, 1.807) is 0 Å². The molecule has 0 spiro atoms. The Labute approximate surface area is 231 Å². The molecular formula is C24H24F12N4P2. The molecule has 0 radical (unpaired) electrons. The Kier molecular flexibility index (Phi) is 9.42. The molecule has 4 rings (SSSR count). The maximum Gasteiger partial charge on any atom is 0.169 e. The number of pyridine rings is 4. The van der Waals surface area contributed by atoms with Crippen LogP contribution in [0.3, 0.4) is 0 Å². The first kappa shape index (κ1) is 34.8. The van der Waals surface area contributed by atoms with Crippen LogP contribution in [0.1, 0.15) is 12.8 Å². The molecule has 4 aromatic heterocycles. The summed E-state index contributed by atoms with van der Waals surface area (Å²) in [6, 6.07) is 16.8. The Morgan fingerprint density at radius 2 is 0.619 bits per heavy atom. The largest absolute Gasteiger partial charge is 0.265 e. The Hall–Kier alpha value is -3.38. The van der Waals surface area contributed by atoms with Crippen molar-refractivity contribution >= 4 is 15.6 Å². The Bertz CT molecular complexity index is 1280. The van der Waals surface area contributed by atoms with E-state index >= 15 is 0 Å². The molecule has 0 saturated heterocycles. The van der Waals surface area contributed by atoms with Gasteiger partial charge >= 0.3 is 66.0 Å².